The van der Waals surface area contributed by atoms with Crippen molar-refractivity contribution in [2.75, 3.05) is 18.0 Å². The molecule has 0 radical (unpaired) electrons. The summed E-state index contributed by atoms with van der Waals surface area (Å²) in [6.07, 6.45) is 0.723. The number of hydrogen-bond acceptors (Lipinski definition) is 2. The molecule has 1 aliphatic rings. The van der Waals surface area contributed by atoms with Crippen LogP contribution in [0, 0.1) is 11.8 Å². The summed E-state index contributed by atoms with van der Waals surface area (Å²) in [5.41, 5.74) is 2.61. The van der Waals surface area contributed by atoms with Crippen molar-refractivity contribution in [1.29, 1.82) is 0 Å². The van der Waals surface area contributed by atoms with Crippen LogP contribution in [-0.2, 0) is 4.79 Å². The number of para-hydroxylation sites is 1. The molecular weight excluding hydrogens is 238 g/mol. The lowest BCUT2D eigenvalue weighted by Crippen LogP contribution is -2.27. The highest BCUT2D eigenvalue weighted by Crippen LogP contribution is 2.39. The number of hydrogen-bond donors (Lipinski definition) is 1. The van der Waals surface area contributed by atoms with Crippen LogP contribution in [0.1, 0.15) is 38.7 Å². The van der Waals surface area contributed by atoms with Crippen LogP contribution < -0.4 is 4.90 Å². The quantitative estimate of drug-likeness (QED) is 0.883. The van der Waals surface area contributed by atoms with Crippen molar-refractivity contribution >= 4 is 11.7 Å². The Hall–Kier alpha value is -1.51. The summed E-state index contributed by atoms with van der Waals surface area (Å²) < 4.78 is 0. The number of benzene rings is 1. The Morgan fingerprint density at radius 3 is 2.68 bits per heavy atom. The molecule has 104 valence electrons. The first-order valence-corrected chi connectivity index (χ1v) is 7.05. The van der Waals surface area contributed by atoms with E-state index in [9.17, 15) is 4.79 Å². The molecule has 0 amide bonds. The van der Waals surface area contributed by atoms with Gasteiger partial charge in [0, 0.05) is 24.7 Å². The average molecular weight is 261 g/mol. The van der Waals surface area contributed by atoms with Gasteiger partial charge < -0.3 is 10.0 Å². The van der Waals surface area contributed by atoms with Crippen LogP contribution in [0.3, 0.4) is 0 Å². The molecule has 0 aliphatic carbocycles. The van der Waals surface area contributed by atoms with Gasteiger partial charge in [-0.2, -0.15) is 0 Å². The van der Waals surface area contributed by atoms with E-state index >= 15 is 0 Å². The normalized spacial score (nSPS) is 19.6. The molecule has 2 rings (SSSR count). The summed E-state index contributed by atoms with van der Waals surface area (Å²) in [7, 11) is 0. The number of nitrogens with zero attached hydrogens (tertiary/aromatic N) is 1. The molecule has 3 nitrogen and oxygen atoms in total. The van der Waals surface area contributed by atoms with Gasteiger partial charge in [-0.05, 0) is 24.0 Å². The van der Waals surface area contributed by atoms with Gasteiger partial charge in [0.05, 0.1) is 5.92 Å². The van der Waals surface area contributed by atoms with E-state index in [0.29, 0.717) is 11.8 Å². The Balaban J connectivity index is 2.17. The third-order valence-corrected chi connectivity index (χ3v) is 3.80. The summed E-state index contributed by atoms with van der Waals surface area (Å²) in [6.45, 7) is 8.23. The molecule has 1 aromatic carbocycles. The Kier molecular flexibility index (Phi) is 4.13. The summed E-state index contributed by atoms with van der Waals surface area (Å²) >= 11 is 0. The third kappa shape index (κ3) is 3.09. The fraction of sp³-hybridized carbons (Fsp3) is 0.562. The molecule has 0 spiro atoms. The number of carboxylic acids is 1. The first kappa shape index (κ1) is 13.9. The van der Waals surface area contributed by atoms with Crippen LogP contribution in [0.4, 0.5) is 5.69 Å². The number of fused-ring (bicyclic) bond motifs is 1. The second-order valence-electron chi connectivity index (χ2n) is 6.03. The smallest absolute Gasteiger partial charge is 0.306 e. The molecule has 0 aromatic heterocycles. The van der Waals surface area contributed by atoms with Crippen LogP contribution in [0.2, 0.25) is 0 Å². The van der Waals surface area contributed by atoms with Crippen molar-refractivity contribution < 1.29 is 9.90 Å². The Labute approximate surface area is 115 Å². The van der Waals surface area contributed by atoms with Gasteiger partial charge in [-0.15, -0.1) is 0 Å². The Morgan fingerprint density at radius 2 is 2.05 bits per heavy atom. The van der Waals surface area contributed by atoms with Gasteiger partial charge in [-0.1, -0.05) is 39.0 Å². The van der Waals surface area contributed by atoms with Gasteiger partial charge in [-0.25, -0.2) is 0 Å². The summed E-state index contributed by atoms with van der Waals surface area (Å²) in [6, 6.07) is 8.42. The first-order valence-electron chi connectivity index (χ1n) is 7.05. The number of carboxylic acid groups (broad SMARTS) is 1. The van der Waals surface area contributed by atoms with Crippen LogP contribution in [-0.4, -0.2) is 24.2 Å². The molecule has 1 aliphatic heterocycles. The summed E-state index contributed by atoms with van der Waals surface area (Å²) in [5.74, 6) is -0.0124. The van der Waals surface area contributed by atoms with E-state index in [0.717, 1.165) is 19.5 Å². The lowest BCUT2D eigenvalue weighted by Gasteiger charge is -2.22. The van der Waals surface area contributed by atoms with Gasteiger partial charge in [-0.3, -0.25) is 4.79 Å². The Morgan fingerprint density at radius 1 is 1.37 bits per heavy atom. The van der Waals surface area contributed by atoms with E-state index in [1.165, 1.54) is 11.3 Å². The summed E-state index contributed by atoms with van der Waals surface area (Å²) in [4.78, 5) is 13.4. The Bertz CT molecular complexity index is 456. The lowest BCUT2D eigenvalue weighted by atomic mass is 9.91. The molecule has 0 saturated carbocycles. The average Bonchev–Trinajstić information content (AvgIpc) is 2.67. The molecule has 0 bridgehead atoms. The van der Waals surface area contributed by atoms with Crippen molar-refractivity contribution in [3.63, 3.8) is 0 Å². The van der Waals surface area contributed by atoms with Crippen LogP contribution >= 0.6 is 0 Å². The molecule has 2 unspecified atom stereocenters. The molecule has 3 heteroatoms. The van der Waals surface area contributed by atoms with E-state index in [2.05, 4.69) is 43.0 Å². The van der Waals surface area contributed by atoms with E-state index in [1.807, 2.05) is 0 Å². The molecule has 1 aromatic rings. The molecule has 1 heterocycles. The molecular formula is C16H23NO2. The van der Waals surface area contributed by atoms with Gasteiger partial charge in [0.2, 0.25) is 0 Å². The molecule has 1 N–H and O–H groups in total. The number of rotatable bonds is 5. The second-order valence-corrected chi connectivity index (χ2v) is 6.03. The number of aliphatic carboxylic acids is 1. The van der Waals surface area contributed by atoms with Gasteiger partial charge in [0.1, 0.15) is 0 Å². The SMILES string of the molecule is CC(C)CN1CC(CC(C)C(=O)O)c2ccccc21. The van der Waals surface area contributed by atoms with Crippen molar-refractivity contribution in [2.24, 2.45) is 11.8 Å². The maximum atomic E-state index is 11.0. The van der Waals surface area contributed by atoms with Crippen molar-refractivity contribution in [3.05, 3.63) is 29.8 Å². The van der Waals surface area contributed by atoms with E-state index in [1.54, 1.807) is 6.92 Å². The minimum atomic E-state index is -0.695. The first-order chi connectivity index (χ1) is 8.99. The fourth-order valence-electron chi connectivity index (χ4n) is 2.93. The lowest BCUT2D eigenvalue weighted by molar-refractivity contribution is -0.141. The minimum absolute atomic E-state index is 0.281. The van der Waals surface area contributed by atoms with Crippen LogP contribution in [0.5, 0.6) is 0 Å². The highest BCUT2D eigenvalue weighted by Gasteiger charge is 2.30. The topological polar surface area (TPSA) is 40.5 Å². The van der Waals surface area contributed by atoms with E-state index in [4.69, 9.17) is 5.11 Å². The number of anilines is 1. The van der Waals surface area contributed by atoms with E-state index < -0.39 is 5.97 Å². The molecule has 0 fully saturated rings. The fourth-order valence-corrected chi connectivity index (χ4v) is 2.93. The minimum Gasteiger partial charge on any atom is -0.481 e. The predicted molar refractivity (Wildman–Crippen MR) is 77.7 cm³/mol. The van der Waals surface area contributed by atoms with Gasteiger partial charge in [0.25, 0.3) is 0 Å². The van der Waals surface area contributed by atoms with Gasteiger partial charge in [0.15, 0.2) is 0 Å². The zero-order chi connectivity index (χ0) is 14.0. The van der Waals surface area contributed by atoms with Crippen molar-refractivity contribution in [3.8, 4) is 0 Å². The highest BCUT2D eigenvalue weighted by atomic mass is 16.4. The summed E-state index contributed by atoms with van der Waals surface area (Å²) in [5, 5.41) is 9.09. The standard InChI is InChI=1S/C16H23NO2/c1-11(2)9-17-10-13(8-12(3)16(18)19)14-6-4-5-7-15(14)17/h4-7,11-13H,8-10H2,1-3H3,(H,18,19). The zero-order valence-corrected chi connectivity index (χ0v) is 12.0. The van der Waals surface area contributed by atoms with E-state index in [-0.39, 0.29) is 5.92 Å². The predicted octanol–water partition coefficient (Wildman–Crippen LogP) is 3.36. The van der Waals surface area contributed by atoms with Crippen LogP contribution in [0.15, 0.2) is 24.3 Å². The molecule has 0 saturated heterocycles. The monoisotopic (exact) mass is 261 g/mol. The van der Waals surface area contributed by atoms with Crippen molar-refractivity contribution in [1.82, 2.24) is 0 Å². The van der Waals surface area contributed by atoms with Crippen molar-refractivity contribution in [2.45, 2.75) is 33.1 Å². The molecule has 19 heavy (non-hydrogen) atoms. The highest BCUT2D eigenvalue weighted by molar-refractivity contribution is 5.70. The number of carbonyl (C=O) groups is 1. The van der Waals surface area contributed by atoms with Gasteiger partial charge >= 0.3 is 5.97 Å². The third-order valence-electron chi connectivity index (χ3n) is 3.80. The maximum absolute atomic E-state index is 11.0. The zero-order valence-electron chi connectivity index (χ0n) is 12.0. The largest absolute Gasteiger partial charge is 0.481 e. The second kappa shape index (κ2) is 5.64. The maximum Gasteiger partial charge on any atom is 0.306 e. The molecule has 2 atom stereocenters. The van der Waals surface area contributed by atoms with Crippen LogP contribution in [0.25, 0.3) is 0 Å².